The summed E-state index contributed by atoms with van der Waals surface area (Å²) < 4.78 is 76.2. The van der Waals surface area contributed by atoms with Crippen LogP contribution in [0.5, 0.6) is 5.75 Å². The first-order valence-corrected chi connectivity index (χ1v) is 15.4. The number of carbonyl (C=O) groups is 2. The fraction of sp³-hybridized carbons (Fsp3) is 0.500. The quantitative estimate of drug-likeness (QED) is 0.223. The van der Waals surface area contributed by atoms with Gasteiger partial charge in [-0.15, -0.1) is 0 Å². The van der Waals surface area contributed by atoms with Crippen LogP contribution in [0, 0.1) is 0 Å². The Labute approximate surface area is 196 Å². The van der Waals surface area contributed by atoms with E-state index in [1.54, 1.807) is 6.07 Å². The highest BCUT2D eigenvalue weighted by molar-refractivity contribution is 7.87. The van der Waals surface area contributed by atoms with Crippen molar-refractivity contribution in [3.05, 3.63) is 35.7 Å². The Kier molecular flexibility index (Phi) is 7.06. The minimum absolute atomic E-state index is 0.0418. The average molecular weight is 523 g/mol. The number of nitrogens with zero attached hydrogens (tertiary/aromatic N) is 2. The summed E-state index contributed by atoms with van der Waals surface area (Å²) in [6, 6.07) is 3.99. The molecule has 14 heteroatoms. The second kappa shape index (κ2) is 9.22. The molecule has 0 unspecified atom stereocenters. The number of carbonyl (C=O) groups excluding carboxylic acids is 2. The van der Waals surface area contributed by atoms with E-state index in [0.717, 1.165) is 17.1 Å². The van der Waals surface area contributed by atoms with Crippen LogP contribution in [0.4, 0.5) is 18.9 Å². The molecule has 1 aromatic carbocycles. The number of halogens is 3. The van der Waals surface area contributed by atoms with Crippen LogP contribution in [0.25, 0.3) is 0 Å². The maximum Gasteiger partial charge on any atom is 0.534 e. The van der Waals surface area contributed by atoms with E-state index in [0.29, 0.717) is 12.4 Å². The van der Waals surface area contributed by atoms with E-state index in [1.807, 2.05) is 0 Å². The van der Waals surface area contributed by atoms with E-state index in [4.69, 9.17) is 9.47 Å². The van der Waals surface area contributed by atoms with Crippen LogP contribution in [0.2, 0.25) is 25.7 Å². The lowest BCUT2D eigenvalue weighted by atomic mass is 10.1. The molecule has 0 saturated carbocycles. The molecule has 1 atom stereocenters. The number of methoxy groups -OCH3 is 1. The maximum atomic E-state index is 13.4. The molecule has 0 saturated heterocycles. The normalized spacial score (nSPS) is 18.9. The van der Waals surface area contributed by atoms with Gasteiger partial charge >= 0.3 is 15.6 Å². The van der Waals surface area contributed by atoms with Gasteiger partial charge in [-0.2, -0.15) is 21.6 Å². The van der Waals surface area contributed by atoms with Gasteiger partial charge in [-0.25, -0.2) is 0 Å². The van der Waals surface area contributed by atoms with E-state index in [-0.39, 0.29) is 18.0 Å². The maximum absolute atomic E-state index is 13.4. The highest BCUT2D eigenvalue weighted by Crippen LogP contribution is 2.37. The number of fused-ring (bicyclic) bond motifs is 2. The first-order chi connectivity index (χ1) is 15.6. The molecule has 1 aromatic rings. The molecule has 0 bridgehead atoms. The number of hydrogen-bond acceptors (Lipinski definition) is 7. The third kappa shape index (κ3) is 5.39. The first-order valence-electron chi connectivity index (χ1n) is 10.3. The molecule has 188 valence electrons. The predicted molar refractivity (Wildman–Crippen MR) is 118 cm³/mol. The Morgan fingerprint density at radius 2 is 1.85 bits per heavy atom. The highest BCUT2D eigenvalue weighted by Gasteiger charge is 2.51. The summed E-state index contributed by atoms with van der Waals surface area (Å²) in [5.74, 6) is -1.73. The molecule has 34 heavy (non-hydrogen) atoms. The van der Waals surface area contributed by atoms with Crippen molar-refractivity contribution >= 4 is 35.7 Å². The van der Waals surface area contributed by atoms with E-state index in [2.05, 4.69) is 23.8 Å². The van der Waals surface area contributed by atoms with E-state index in [9.17, 15) is 31.2 Å². The van der Waals surface area contributed by atoms with Gasteiger partial charge in [0.1, 0.15) is 24.3 Å². The van der Waals surface area contributed by atoms with Crippen LogP contribution in [-0.2, 0) is 23.8 Å². The molecule has 0 spiro atoms. The van der Waals surface area contributed by atoms with Gasteiger partial charge in [0, 0.05) is 27.3 Å². The van der Waals surface area contributed by atoms with Crippen molar-refractivity contribution in [2.45, 2.75) is 43.7 Å². The largest absolute Gasteiger partial charge is 0.534 e. The molecule has 0 aromatic heterocycles. The fourth-order valence-corrected chi connectivity index (χ4v) is 4.63. The number of hydrogen-bond donors (Lipinski definition) is 0. The molecule has 9 nitrogen and oxygen atoms in total. The minimum atomic E-state index is -5.96. The number of alkyl halides is 3. The van der Waals surface area contributed by atoms with Crippen molar-refractivity contribution in [1.82, 2.24) is 4.90 Å². The van der Waals surface area contributed by atoms with E-state index < -0.39 is 53.7 Å². The average Bonchev–Trinajstić information content (AvgIpc) is 3.11. The van der Waals surface area contributed by atoms with Crippen molar-refractivity contribution in [1.29, 1.82) is 0 Å². The molecule has 0 radical (unpaired) electrons. The van der Waals surface area contributed by atoms with Crippen LogP contribution in [0.15, 0.2) is 30.2 Å². The Morgan fingerprint density at radius 1 is 1.18 bits per heavy atom. The van der Waals surface area contributed by atoms with Gasteiger partial charge < -0.3 is 13.7 Å². The number of benzene rings is 1. The van der Waals surface area contributed by atoms with Gasteiger partial charge in [-0.1, -0.05) is 19.6 Å². The van der Waals surface area contributed by atoms with Gasteiger partial charge in [0.25, 0.3) is 11.8 Å². The minimum Gasteiger partial charge on any atom is -0.497 e. The summed E-state index contributed by atoms with van der Waals surface area (Å²) in [5.41, 5.74) is -5.37. The summed E-state index contributed by atoms with van der Waals surface area (Å²) >= 11 is 0. The SMILES string of the molecule is COc1ccc2c(c1)C(=O)N1C=C(OS(=O)(=O)C(F)(F)F)C[C@H]1C(=O)N2COCC[Si](C)(C)C. The smallest absolute Gasteiger partial charge is 0.497 e. The van der Waals surface area contributed by atoms with Gasteiger partial charge in [0.05, 0.1) is 18.4 Å². The monoisotopic (exact) mass is 522 g/mol. The zero-order valence-electron chi connectivity index (χ0n) is 19.0. The molecular formula is C20H25F3N2O7SSi. The van der Waals surface area contributed by atoms with Gasteiger partial charge in [-0.05, 0) is 24.2 Å². The molecule has 0 fully saturated rings. The number of amides is 2. The lowest BCUT2D eigenvalue weighted by Crippen LogP contribution is -2.45. The Hall–Kier alpha value is -2.58. The van der Waals surface area contributed by atoms with Crippen molar-refractivity contribution in [3.8, 4) is 5.75 Å². The molecule has 2 aliphatic rings. The zero-order valence-corrected chi connectivity index (χ0v) is 20.8. The lowest BCUT2D eigenvalue weighted by Gasteiger charge is -2.26. The van der Waals surface area contributed by atoms with Crippen LogP contribution in [0.3, 0.4) is 0 Å². The highest BCUT2D eigenvalue weighted by atomic mass is 32.2. The lowest BCUT2D eigenvalue weighted by molar-refractivity contribution is -0.123. The third-order valence-corrected chi connectivity index (χ3v) is 7.95. The van der Waals surface area contributed by atoms with Crippen LogP contribution < -0.4 is 9.64 Å². The molecule has 0 aliphatic carbocycles. The second-order valence-electron chi connectivity index (χ2n) is 9.01. The second-order valence-corrected chi connectivity index (χ2v) is 16.2. The summed E-state index contributed by atoms with van der Waals surface area (Å²) in [6.07, 6.45) is 0.267. The van der Waals surface area contributed by atoms with Crippen LogP contribution in [-0.4, -0.2) is 65.2 Å². The summed E-state index contributed by atoms with van der Waals surface area (Å²) in [6.45, 7) is 6.66. The number of rotatable bonds is 8. The molecule has 2 amide bonds. The molecule has 2 aliphatic heterocycles. The Bertz CT molecular complexity index is 1120. The fourth-order valence-electron chi connectivity index (χ4n) is 3.39. The topological polar surface area (TPSA) is 102 Å². The first kappa shape index (κ1) is 26.0. The number of anilines is 1. The van der Waals surface area contributed by atoms with E-state index in [1.165, 1.54) is 24.1 Å². The van der Waals surface area contributed by atoms with Crippen LogP contribution in [0.1, 0.15) is 16.8 Å². The third-order valence-electron chi connectivity index (χ3n) is 5.24. The van der Waals surface area contributed by atoms with Crippen molar-refractivity contribution in [2.24, 2.45) is 0 Å². The summed E-state index contributed by atoms with van der Waals surface area (Å²) in [4.78, 5) is 28.7. The summed E-state index contributed by atoms with van der Waals surface area (Å²) in [5, 5.41) is 0. The standard InChI is InChI=1S/C20H25F3N2O7SSi/c1-30-13-5-6-16-15(9-13)18(26)24-11-14(32-33(28,29)20(21,22)23)10-17(24)19(27)25(16)12-31-7-8-34(2,3)4/h5-6,9,11,17H,7-8,10,12H2,1-4H3/t17-/m0/s1. The Morgan fingerprint density at radius 3 is 2.44 bits per heavy atom. The van der Waals surface area contributed by atoms with Crippen molar-refractivity contribution in [3.63, 3.8) is 0 Å². The molecule has 3 rings (SSSR count). The molecule has 2 heterocycles. The molecule has 0 N–H and O–H groups in total. The number of ether oxygens (including phenoxy) is 2. The van der Waals surface area contributed by atoms with Gasteiger partial charge in [0.15, 0.2) is 0 Å². The predicted octanol–water partition coefficient (Wildman–Crippen LogP) is 3.28. The van der Waals surface area contributed by atoms with Crippen LogP contribution >= 0.6 is 0 Å². The van der Waals surface area contributed by atoms with Gasteiger partial charge in [-0.3, -0.25) is 19.4 Å². The molecular weight excluding hydrogens is 497 g/mol. The van der Waals surface area contributed by atoms with Crippen molar-refractivity contribution < 1.29 is 44.8 Å². The van der Waals surface area contributed by atoms with Gasteiger partial charge in [0.2, 0.25) is 0 Å². The summed E-state index contributed by atoms with van der Waals surface area (Å²) in [7, 11) is -5.99. The van der Waals surface area contributed by atoms with Crippen molar-refractivity contribution in [2.75, 3.05) is 25.3 Å². The Balaban J connectivity index is 1.94. The van der Waals surface area contributed by atoms with E-state index >= 15 is 0 Å². The zero-order chi connectivity index (χ0) is 25.5.